The Morgan fingerprint density at radius 2 is 1.77 bits per heavy atom. The molecule has 5 nitrogen and oxygen atoms in total. The lowest BCUT2D eigenvalue weighted by Gasteiger charge is -2.08. The van der Waals surface area contributed by atoms with Crippen molar-refractivity contribution >= 4 is 23.1 Å². The smallest absolute Gasteiger partial charge is 0.249 e. The maximum atomic E-state index is 13.6. The van der Waals surface area contributed by atoms with Crippen LogP contribution in [0.25, 0.3) is 0 Å². The fourth-order valence-electron chi connectivity index (χ4n) is 1.81. The van der Waals surface area contributed by atoms with Crippen LogP contribution in [0.15, 0.2) is 54.7 Å². The molecule has 7 heteroatoms. The van der Waals surface area contributed by atoms with Crippen LogP contribution in [0.2, 0.25) is 0 Å². The molecule has 2 N–H and O–H groups in total. The van der Waals surface area contributed by atoms with Gasteiger partial charge in [-0.2, -0.15) is 10.1 Å². The van der Waals surface area contributed by atoms with E-state index in [0.29, 0.717) is 11.5 Å². The van der Waals surface area contributed by atoms with Crippen LogP contribution in [-0.2, 0) is 0 Å². The Kier molecular flexibility index (Phi) is 3.86. The summed E-state index contributed by atoms with van der Waals surface area (Å²) >= 11 is 0. The summed E-state index contributed by atoms with van der Waals surface area (Å²) in [5, 5.41) is 13.2. The van der Waals surface area contributed by atoms with Gasteiger partial charge in [0.25, 0.3) is 0 Å². The van der Waals surface area contributed by atoms with E-state index >= 15 is 0 Å². The molecule has 1 aromatic heterocycles. The Morgan fingerprint density at radius 1 is 0.909 bits per heavy atom. The molecule has 22 heavy (non-hydrogen) atoms. The van der Waals surface area contributed by atoms with Crippen LogP contribution in [0.4, 0.5) is 31.9 Å². The molecule has 0 aliphatic carbocycles. The van der Waals surface area contributed by atoms with Gasteiger partial charge in [0.05, 0.1) is 11.9 Å². The number of nitrogens with one attached hydrogen (secondary N) is 2. The van der Waals surface area contributed by atoms with Crippen molar-refractivity contribution in [3.63, 3.8) is 0 Å². The number of hydrogen-bond donors (Lipinski definition) is 2. The first-order valence-corrected chi connectivity index (χ1v) is 6.44. The van der Waals surface area contributed by atoms with E-state index in [9.17, 15) is 8.78 Å². The molecule has 0 aliphatic heterocycles. The number of aromatic nitrogens is 3. The van der Waals surface area contributed by atoms with Crippen molar-refractivity contribution in [3.05, 3.63) is 66.4 Å². The van der Waals surface area contributed by atoms with E-state index < -0.39 is 5.82 Å². The van der Waals surface area contributed by atoms with Gasteiger partial charge in [-0.3, -0.25) is 0 Å². The van der Waals surface area contributed by atoms with Gasteiger partial charge in [0.15, 0.2) is 5.82 Å². The average Bonchev–Trinajstić information content (AvgIpc) is 2.50. The first-order chi connectivity index (χ1) is 10.7. The fraction of sp³-hybridized carbons (Fsp3) is 0. The lowest BCUT2D eigenvalue weighted by molar-refractivity contribution is 0.628. The highest BCUT2D eigenvalue weighted by molar-refractivity contribution is 5.58. The molecule has 0 spiro atoms. The van der Waals surface area contributed by atoms with Crippen molar-refractivity contribution in [1.82, 2.24) is 15.2 Å². The van der Waals surface area contributed by atoms with Gasteiger partial charge < -0.3 is 10.6 Å². The summed E-state index contributed by atoms with van der Waals surface area (Å²) in [6, 6.07) is 12.1. The highest BCUT2D eigenvalue weighted by Gasteiger charge is 2.05. The average molecular weight is 299 g/mol. The second-order valence-corrected chi connectivity index (χ2v) is 4.41. The topological polar surface area (TPSA) is 62.7 Å². The summed E-state index contributed by atoms with van der Waals surface area (Å²) in [5.41, 5.74) is 0.768. The second kappa shape index (κ2) is 6.13. The van der Waals surface area contributed by atoms with Gasteiger partial charge in [0, 0.05) is 5.69 Å². The van der Waals surface area contributed by atoms with Gasteiger partial charge in [0.2, 0.25) is 5.95 Å². The van der Waals surface area contributed by atoms with Crippen molar-refractivity contribution < 1.29 is 8.78 Å². The van der Waals surface area contributed by atoms with Crippen molar-refractivity contribution in [2.75, 3.05) is 10.6 Å². The second-order valence-electron chi connectivity index (χ2n) is 4.41. The Hall–Kier alpha value is -3.09. The van der Waals surface area contributed by atoms with Crippen molar-refractivity contribution in [2.24, 2.45) is 0 Å². The standard InChI is InChI=1S/C15H11F2N5/c16-10-4-3-5-11(8-10)19-14-9-18-22-15(21-14)20-13-7-2-1-6-12(13)17/h1-9H,(H2,19,20,21,22). The van der Waals surface area contributed by atoms with Crippen LogP contribution < -0.4 is 10.6 Å². The summed E-state index contributed by atoms with van der Waals surface area (Å²) in [4.78, 5) is 4.15. The number of nitrogens with zero attached hydrogens (tertiary/aromatic N) is 3. The van der Waals surface area contributed by atoms with E-state index in [-0.39, 0.29) is 17.5 Å². The normalized spacial score (nSPS) is 10.3. The lowest BCUT2D eigenvalue weighted by atomic mass is 10.3. The molecule has 0 aliphatic rings. The number of para-hydroxylation sites is 1. The molecule has 0 atom stereocenters. The minimum Gasteiger partial charge on any atom is -0.339 e. The van der Waals surface area contributed by atoms with Gasteiger partial charge in [-0.15, -0.1) is 5.10 Å². The Balaban J connectivity index is 1.79. The van der Waals surface area contributed by atoms with Crippen LogP contribution >= 0.6 is 0 Å². The first kappa shape index (κ1) is 13.9. The quantitative estimate of drug-likeness (QED) is 0.770. The van der Waals surface area contributed by atoms with Crippen molar-refractivity contribution in [3.8, 4) is 0 Å². The molecule has 0 bridgehead atoms. The van der Waals surface area contributed by atoms with Gasteiger partial charge in [-0.25, -0.2) is 8.78 Å². The van der Waals surface area contributed by atoms with Crippen LogP contribution in [0.1, 0.15) is 0 Å². The summed E-state index contributed by atoms with van der Waals surface area (Å²) in [7, 11) is 0. The molecule has 0 amide bonds. The van der Waals surface area contributed by atoms with Crippen LogP contribution in [0.5, 0.6) is 0 Å². The molecule has 1 heterocycles. The van der Waals surface area contributed by atoms with E-state index in [1.165, 1.54) is 24.4 Å². The first-order valence-electron chi connectivity index (χ1n) is 6.44. The zero-order valence-corrected chi connectivity index (χ0v) is 11.3. The highest BCUT2D eigenvalue weighted by atomic mass is 19.1. The molecule has 0 saturated heterocycles. The summed E-state index contributed by atoms with van der Waals surface area (Å²) in [6.45, 7) is 0. The summed E-state index contributed by atoms with van der Waals surface area (Å²) in [5.74, 6) is -0.294. The zero-order valence-electron chi connectivity index (χ0n) is 11.3. The number of rotatable bonds is 4. The van der Waals surface area contributed by atoms with E-state index in [1.807, 2.05) is 0 Å². The van der Waals surface area contributed by atoms with E-state index in [2.05, 4.69) is 25.8 Å². The molecule has 3 aromatic rings. The number of halogens is 2. The maximum Gasteiger partial charge on any atom is 0.249 e. The third-order valence-electron chi connectivity index (χ3n) is 2.78. The van der Waals surface area contributed by atoms with Crippen molar-refractivity contribution in [2.45, 2.75) is 0 Å². The summed E-state index contributed by atoms with van der Waals surface area (Å²) in [6.07, 6.45) is 1.39. The van der Waals surface area contributed by atoms with Crippen LogP contribution in [0.3, 0.4) is 0 Å². The SMILES string of the molecule is Fc1cccc(Nc2cnnc(Nc3ccccc3F)n2)c1. The predicted molar refractivity (Wildman–Crippen MR) is 79.2 cm³/mol. The third-order valence-corrected chi connectivity index (χ3v) is 2.78. The van der Waals surface area contributed by atoms with E-state index in [0.717, 1.165) is 0 Å². The minimum atomic E-state index is -0.422. The molecule has 0 unspecified atom stereocenters. The minimum absolute atomic E-state index is 0.131. The van der Waals surface area contributed by atoms with Gasteiger partial charge in [0.1, 0.15) is 11.6 Å². The van der Waals surface area contributed by atoms with Gasteiger partial charge in [-0.05, 0) is 30.3 Å². The Bertz CT molecular complexity index is 794. The third kappa shape index (κ3) is 3.32. The number of anilines is 4. The van der Waals surface area contributed by atoms with Crippen LogP contribution in [0, 0.1) is 11.6 Å². The molecule has 3 rings (SSSR count). The molecule has 0 saturated carbocycles. The van der Waals surface area contributed by atoms with Crippen LogP contribution in [-0.4, -0.2) is 15.2 Å². The van der Waals surface area contributed by atoms with Crippen molar-refractivity contribution in [1.29, 1.82) is 0 Å². The Morgan fingerprint density at radius 3 is 2.59 bits per heavy atom. The fourth-order valence-corrected chi connectivity index (χ4v) is 1.81. The van der Waals surface area contributed by atoms with Gasteiger partial charge in [-0.1, -0.05) is 18.2 Å². The van der Waals surface area contributed by atoms with E-state index in [4.69, 9.17) is 0 Å². The predicted octanol–water partition coefficient (Wildman–Crippen LogP) is 3.64. The summed E-state index contributed by atoms with van der Waals surface area (Å²) < 4.78 is 26.7. The molecule has 110 valence electrons. The molecule has 0 fully saturated rings. The molecular weight excluding hydrogens is 288 g/mol. The van der Waals surface area contributed by atoms with Gasteiger partial charge >= 0.3 is 0 Å². The number of benzene rings is 2. The largest absolute Gasteiger partial charge is 0.339 e. The lowest BCUT2D eigenvalue weighted by Crippen LogP contribution is -2.03. The number of hydrogen-bond acceptors (Lipinski definition) is 5. The highest BCUT2D eigenvalue weighted by Crippen LogP contribution is 2.19. The Labute approximate surface area is 125 Å². The monoisotopic (exact) mass is 299 g/mol. The molecule has 2 aromatic carbocycles. The maximum absolute atomic E-state index is 13.6. The molecular formula is C15H11F2N5. The molecule has 0 radical (unpaired) electrons. The van der Waals surface area contributed by atoms with E-state index in [1.54, 1.807) is 30.3 Å². The zero-order chi connectivity index (χ0) is 15.4.